The molecule has 1 aliphatic rings. The molecule has 0 saturated carbocycles. The zero-order chi connectivity index (χ0) is 19.8. The number of nitrogens with two attached hydrogens (primary N) is 1. The van der Waals surface area contributed by atoms with Crippen molar-refractivity contribution in [3.63, 3.8) is 0 Å². The van der Waals surface area contributed by atoms with E-state index in [-0.39, 0.29) is 11.5 Å². The number of benzene rings is 2. The van der Waals surface area contributed by atoms with E-state index in [1.54, 1.807) is 30.3 Å². The first-order valence-corrected chi connectivity index (χ1v) is 10.4. The van der Waals surface area contributed by atoms with E-state index < -0.39 is 22.7 Å². The Balaban J connectivity index is 2.23. The van der Waals surface area contributed by atoms with Crippen molar-refractivity contribution in [2.75, 3.05) is 0 Å². The number of fused-ring (bicyclic) bond motifs is 3. The minimum absolute atomic E-state index is 0.0214. The van der Waals surface area contributed by atoms with Gasteiger partial charge in [-0.05, 0) is 23.3 Å². The highest BCUT2D eigenvalue weighted by atomic mass is 79.9. The van der Waals surface area contributed by atoms with Gasteiger partial charge in [0.1, 0.15) is 17.6 Å². The van der Waals surface area contributed by atoms with Crippen molar-refractivity contribution < 1.29 is 26.7 Å². The highest BCUT2D eigenvalue weighted by Gasteiger charge is 2.31. The Morgan fingerprint density at radius 1 is 1.33 bits per heavy atom. The van der Waals surface area contributed by atoms with Gasteiger partial charge in [-0.15, -0.1) is 6.58 Å². The molecule has 3 rings (SSSR count). The lowest BCUT2D eigenvalue weighted by molar-refractivity contribution is -0.0496. The van der Waals surface area contributed by atoms with Crippen molar-refractivity contribution in [1.29, 1.82) is 0 Å². The van der Waals surface area contributed by atoms with Crippen molar-refractivity contribution in [3.8, 4) is 22.6 Å². The van der Waals surface area contributed by atoms with E-state index in [1.165, 1.54) is 6.07 Å². The van der Waals surface area contributed by atoms with Gasteiger partial charge in [0.2, 0.25) is 10.0 Å². The smallest absolute Gasteiger partial charge is 0.387 e. The second kappa shape index (κ2) is 7.57. The molecule has 27 heavy (non-hydrogen) atoms. The number of primary sulfonamides is 1. The van der Waals surface area contributed by atoms with Crippen LogP contribution in [0.1, 0.15) is 23.7 Å². The van der Waals surface area contributed by atoms with Crippen LogP contribution in [0.15, 0.2) is 47.5 Å². The van der Waals surface area contributed by atoms with Crippen LogP contribution >= 0.6 is 15.9 Å². The number of hydrogen-bond donors (Lipinski definition) is 1. The Kier molecular flexibility index (Phi) is 5.55. The van der Waals surface area contributed by atoms with Gasteiger partial charge < -0.3 is 9.47 Å². The van der Waals surface area contributed by atoms with E-state index in [1.807, 2.05) is 0 Å². The van der Waals surface area contributed by atoms with E-state index in [2.05, 4.69) is 27.2 Å². The Bertz CT molecular complexity index is 995. The molecule has 0 fully saturated rings. The van der Waals surface area contributed by atoms with Crippen LogP contribution < -0.4 is 14.6 Å². The fourth-order valence-electron chi connectivity index (χ4n) is 3.10. The minimum atomic E-state index is -3.76. The zero-order valence-electron chi connectivity index (χ0n) is 14.0. The summed E-state index contributed by atoms with van der Waals surface area (Å²) in [5.41, 5.74) is 2.08. The van der Waals surface area contributed by atoms with Gasteiger partial charge in [0.25, 0.3) is 0 Å². The van der Waals surface area contributed by atoms with E-state index in [0.717, 1.165) is 0 Å². The third-order valence-corrected chi connectivity index (χ3v) is 5.71. The van der Waals surface area contributed by atoms with Gasteiger partial charge in [-0.25, -0.2) is 13.6 Å². The predicted octanol–water partition coefficient (Wildman–Crippen LogP) is 4.52. The van der Waals surface area contributed by atoms with E-state index in [4.69, 9.17) is 9.88 Å². The van der Waals surface area contributed by atoms with Crippen LogP contribution in [0.3, 0.4) is 0 Å². The molecule has 0 amide bonds. The van der Waals surface area contributed by atoms with Crippen LogP contribution in [0, 0.1) is 0 Å². The summed E-state index contributed by atoms with van der Waals surface area (Å²) in [5, 5.41) is 5.16. The fourth-order valence-corrected chi connectivity index (χ4v) is 4.70. The molecule has 1 atom stereocenters. The third-order valence-electron chi connectivity index (χ3n) is 4.06. The second-order valence-electron chi connectivity index (χ2n) is 5.95. The maximum Gasteiger partial charge on any atom is 0.387 e. The van der Waals surface area contributed by atoms with Gasteiger partial charge in [0.15, 0.2) is 0 Å². The summed E-state index contributed by atoms with van der Waals surface area (Å²) in [6.45, 7) is 0.727. The lowest BCUT2D eigenvalue weighted by Gasteiger charge is -2.31. The van der Waals surface area contributed by atoms with Crippen molar-refractivity contribution in [2.24, 2.45) is 5.14 Å². The highest BCUT2D eigenvalue weighted by Crippen LogP contribution is 2.51. The molecule has 2 N–H and O–H groups in total. The molecule has 5 nitrogen and oxygen atoms in total. The van der Waals surface area contributed by atoms with Crippen LogP contribution in [0.25, 0.3) is 11.1 Å². The molecular formula is C18H16BrF2NO4S. The van der Waals surface area contributed by atoms with Crippen LogP contribution in [0.2, 0.25) is 0 Å². The first-order chi connectivity index (χ1) is 12.7. The van der Waals surface area contributed by atoms with Crippen molar-refractivity contribution in [2.45, 2.75) is 24.9 Å². The highest BCUT2D eigenvalue weighted by molar-refractivity contribution is 9.10. The van der Waals surface area contributed by atoms with Crippen LogP contribution in [-0.4, -0.2) is 15.0 Å². The molecule has 1 aliphatic heterocycles. The topological polar surface area (TPSA) is 78.6 Å². The molecular weight excluding hydrogens is 444 g/mol. The van der Waals surface area contributed by atoms with Gasteiger partial charge in [0.05, 0.1) is 11.3 Å². The second-order valence-corrected chi connectivity index (χ2v) is 8.35. The molecule has 1 unspecified atom stereocenters. The maximum atomic E-state index is 12.8. The lowest BCUT2D eigenvalue weighted by Crippen LogP contribution is -2.18. The molecule has 2 aromatic rings. The Morgan fingerprint density at radius 3 is 2.70 bits per heavy atom. The van der Waals surface area contributed by atoms with Gasteiger partial charge in [0, 0.05) is 16.5 Å². The largest absolute Gasteiger partial charge is 0.485 e. The lowest BCUT2D eigenvalue weighted by atomic mass is 9.89. The molecule has 144 valence electrons. The van der Waals surface area contributed by atoms with Crippen molar-refractivity contribution in [3.05, 3.63) is 58.6 Å². The Hall–Kier alpha value is -1.97. The normalized spacial score (nSPS) is 15.7. The molecule has 0 aromatic heterocycles. The number of halogens is 3. The van der Waals surface area contributed by atoms with Crippen molar-refractivity contribution in [1.82, 2.24) is 0 Å². The first-order valence-electron chi connectivity index (χ1n) is 7.88. The summed E-state index contributed by atoms with van der Waals surface area (Å²) < 4.78 is 59.8. The SMILES string of the molecule is C=CCC1Oc2cccc(OC(F)F)c2-c2ccc(CS(N)(=O)=O)c(Br)c21. The summed E-state index contributed by atoms with van der Waals surface area (Å²) in [5.74, 6) is 0.00877. The minimum Gasteiger partial charge on any atom is -0.485 e. The van der Waals surface area contributed by atoms with E-state index >= 15 is 0 Å². The van der Waals surface area contributed by atoms with Gasteiger partial charge in [-0.3, -0.25) is 0 Å². The summed E-state index contributed by atoms with van der Waals surface area (Å²) in [6, 6.07) is 7.91. The molecule has 0 saturated heterocycles. The molecule has 0 radical (unpaired) electrons. The summed E-state index contributed by atoms with van der Waals surface area (Å²) >= 11 is 3.43. The number of hydrogen-bond acceptors (Lipinski definition) is 4. The van der Waals surface area contributed by atoms with Crippen LogP contribution in [-0.2, 0) is 15.8 Å². The molecule has 0 spiro atoms. The number of sulfonamides is 1. The van der Waals surface area contributed by atoms with Crippen LogP contribution in [0.4, 0.5) is 8.78 Å². The zero-order valence-corrected chi connectivity index (χ0v) is 16.4. The van der Waals surface area contributed by atoms with Gasteiger partial charge in [-0.2, -0.15) is 8.78 Å². The molecule has 0 aliphatic carbocycles. The molecule has 1 heterocycles. The third kappa shape index (κ3) is 4.15. The predicted molar refractivity (Wildman–Crippen MR) is 101 cm³/mol. The van der Waals surface area contributed by atoms with Gasteiger partial charge >= 0.3 is 6.61 Å². The van der Waals surface area contributed by atoms with E-state index in [0.29, 0.717) is 38.9 Å². The standard InChI is InChI=1S/C18H16BrF2NO4S/c1-2-4-12-16-11(8-7-10(17(16)19)9-27(22,23)24)15-13(25-12)5-3-6-14(15)26-18(20)21/h2-3,5-8,12,18H,1,4,9H2,(H2,22,23,24). The fraction of sp³-hybridized carbons (Fsp3) is 0.222. The van der Waals surface area contributed by atoms with Gasteiger partial charge in [-0.1, -0.05) is 40.2 Å². The van der Waals surface area contributed by atoms with E-state index in [9.17, 15) is 17.2 Å². The average Bonchev–Trinajstić information content (AvgIpc) is 2.55. The first kappa shape index (κ1) is 19.8. The number of rotatable bonds is 6. The maximum absolute atomic E-state index is 12.8. The number of ether oxygens (including phenoxy) is 2. The van der Waals surface area contributed by atoms with Crippen LogP contribution in [0.5, 0.6) is 11.5 Å². The molecule has 2 aromatic carbocycles. The Labute approximate surface area is 164 Å². The Morgan fingerprint density at radius 2 is 2.07 bits per heavy atom. The molecule has 9 heteroatoms. The quantitative estimate of drug-likeness (QED) is 0.644. The molecule has 0 bridgehead atoms. The average molecular weight is 460 g/mol. The van der Waals surface area contributed by atoms with Crippen molar-refractivity contribution >= 4 is 26.0 Å². The summed E-state index contributed by atoms with van der Waals surface area (Å²) in [6.07, 6.45) is 1.63. The summed E-state index contributed by atoms with van der Waals surface area (Å²) in [4.78, 5) is 0. The number of alkyl halides is 2. The summed E-state index contributed by atoms with van der Waals surface area (Å²) in [7, 11) is -3.76. The monoisotopic (exact) mass is 459 g/mol.